The lowest BCUT2D eigenvalue weighted by Crippen LogP contribution is -2.13. The van der Waals surface area contributed by atoms with E-state index in [2.05, 4.69) is 39.8 Å². The van der Waals surface area contributed by atoms with Gasteiger partial charge >= 0.3 is 0 Å². The maximum Gasteiger partial charge on any atom is 0.159 e. The van der Waals surface area contributed by atoms with Crippen LogP contribution in [-0.4, -0.2) is 16.0 Å². The van der Waals surface area contributed by atoms with Crippen LogP contribution in [0.3, 0.4) is 0 Å². The van der Waals surface area contributed by atoms with Gasteiger partial charge < -0.3 is 10.6 Å². The molecular weight excluding hydrogens is 334 g/mol. The van der Waals surface area contributed by atoms with Crippen LogP contribution in [0.25, 0.3) is 5.57 Å². The number of rotatable bonds is 9. The van der Waals surface area contributed by atoms with Crippen molar-refractivity contribution < 1.29 is 0 Å². The first kappa shape index (κ1) is 21.7. The average Bonchev–Trinajstić information content (AvgIpc) is 2.61. The van der Waals surface area contributed by atoms with Gasteiger partial charge in [0.25, 0.3) is 0 Å². The van der Waals surface area contributed by atoms with Gasteiger partial charge in [-0.25, -0.2) is 9.97 Å². The highest BCUT2D eigenvalue weighted by Crippen LogP contribution is 2.19. The van der Waals surface area contributed by atoms with Gasteiger partial charge in [0.15, 0.2) is 5.82 Å². The lowest BCUT2D eigenvalue weighted by molar-refractivity contribution is 0.884. The van der Waals surface area contributed by atoms with Crippen LogP contribution >= 0.6 is 0 Å². The maximum absolute atomic E-state index is 8.99. The molecule has 0 amide bonds. The molecule has 0 bridgehead atoms. The summed E-state index contributed by atoms with van der Waals surface area (Å²) in [4.78, 5) is 9.12. The first-order valence-corrected chi connectivity index (χ1v) is 8.72. The largest absolute Gasteiger partial charge is 0.368 e. The van der Waals surface area contributed by atoms with Crippen molar-refractivity contribution in [3.8, 4) is 6.07 Å². The molecule has 0 saturated carbocycles. The van der Waals surface area contributed by atoms with E-state index in [1.54, 1.807) is 12.2 Å². The van der Waals surface area contributed by atoms with Gasteiger partial charge in [-0.05, 0) is 45.4 Å². The molecule has 0 aliphatic rings. The summed E-state index contributed by atoms with van der Waals surface area (Å²) in [6, 6.07) is 4.14. The number of anilines is 2. The molecule has 1 heterocycles. The Morgan fingerprint density at radius 2 is 1.93 bits per heavy atom. The summed E-state index contributed by atoms with van der Waals surface area (Å²) in [5, 5.41) is 15.5. The Morgan fingerprint density at radius 3 is 2.52 bits per heavy atom. The minimum Gasteiger partial charge on any atom is -0.368 e. The minimum absolute atomic E-state index is 0.230. The van der Waals surface area contributed by atoms with Crippen LogP contribution < -0.4 is 10.6 Å². The van der Waals surface area contributed by atoms with Crippen molar-refractivity contribution in [2.24, 2.45) is 0 Å². The van der Waals surface area contributed by atoms with Crippen LogP contribution in [0.5, 0.6) is 0 Å². The van der Waals surface area contributed by atoms with Gasteiger partial charge in [0.05, 0.1) is 11.6 Å². The molecule has 140 valence electrons. The topological polar surface area (TPSA) is 73.6 Å². The monoisotopic (exact) mass is 361 g/mol. The molecular formula is C22H27N5. The second-order valence-electron chi connectivity index (χ2n) is 6.08. The molecule has 5 heteroatoms. The zero-order valence-corrected chi connectivity index (χ0v) is 16.5. The summed E-state index contributed by atoms with van der Waals surface area (Å²) in [5.41, 5.74) is 2.02. The molecule has 1 aromatic heterocycles. The van der Waals surface area contributed by atoms with Crippen LogP contribution in [0.1, 0.15) is 33.5 Å². The van der Waals surface area contributed by atoms with Crippen molar-refractivity contribution in [3.05, 3.63) is 78.9 Å². The van der Waals surface area contributed by atoms with Crippen molar-refractivity contribution in [1.82, 2.24) is 9.97 Å². The van der Waals surface area contributed by atoms with Crippen molar-refractivity contribution in [2.75, 3.05) is 10.6 Å². The lowest BCUT2D eigenvalue weighted by atomic mass is 10.2. The zero-order valence-electron chi connectivity index (χ0n) is 16.5. The third-order valence-electron chi connectivity index (χ3n) is 3.27. The molecule has 0 saturated heterocycles. The van der Waals surface area contributed by atoms with Gasteiger partial charge in [0, 0.05) is 17.8 Å². The Balaban J connectivity index is 3.22. The third kappa shape index (κ3) is 8.02. The first-order chi connectivity index (χ1) is 12.9. The predicted molar refractivity (Wildman–Crippen MR) is 115 cm³/mol. The van der Waals surface area contributed by atoms with E-state index in [1.807, 2.05) is 58.1 Å². The standard InChI is InChI=1S/C22H27N5/c1-7-9-10-11-18(6)25-21-14-20(24-16(3)4)26-22(27-21)17(5)12-13-19(8-2)15-23/h7-14,16H,2,6H2,1,3-5H3,(H2,24,25,26,27)/b9-7-,11-10-,17-12+,19-13+. The summed E-state index contributed by atoms with van der Waals surface area (Å²) >= 11 is 0. The van der Waals surface area contributed by atoms with Crippen molar-refractivity contribution in [1.29, 1.82) is 5.26 Å². The number of hydrogen-bond donors (Lipinski definition) is 2. The minimum atomic E-state index is 0.230. The highest BCUT2D eigenvalue weighted by Gasteiger charge is 2.07. The number of nitrogens with zero attached hydrogens (tertiary/aromatic N) is 3. The fourth-order valence-corrected chi connectivity index (χ4v) is 1.99. The van der Waals surface area contributed by atoms with Gasteiger partial charge in [0.1, 0.15) is 11.6 Å². The third-order valence-corrected chi connectivity index (χ3v) is 3.27. The van der Waals surface area contributed by atoms with Crippen LogP contribution in [0.15, 0.2) is 73.0 Å². The normalized spacial score (nSPS) is 12.4. The molecule has 0 fully saturated rings. The average molecular weight is 361 g/mol. The van der Waals surface area contributed by atoms with E-state index < -0.39 is 0 Å². The number of aromatic nitrogens is 2. The molecule has 0 aliphatic carbocycles. The van der Waals surface area contributed by atoms with E-state index in [9.17, 15) is 0 Å². The molecule has 0 atom stereocenters. The summed E-state index contributed by atoms with van der Waals surface area (Å²) in [7, 11) is 0. The van der Waals surface area contributed by atoms with E-state index >= 15 is 0 Å². The van der Waals surface area contributed by atoms with Crippen LogP contribution in [0.2, 0.25) is 0 Å². The van der Waals surface area contributed by atoms with Gasteiger partial charge in [-0.2, -0.15) is 5.26 Å². The second-order valence-corrected chi connectivity index (χ2v) is 6.08. The van der Waals surface area contributed by atoms with Crippen LogP contribution in [0.4, 0.5) is 11.6 Å². The Labute approximate surface area is 162 Å². The fourth-order valence-electron chi connectivity index (χ4n) is 1.99. The van der Waals surface area contributed by atoms with Crippen LogP contribution in [-0.2, 0) is 0 Å². The Morgan fingerprint density at radius 1 is 1.22 bits per heavy atom. The first-order valence-electron chi connectivity index (χ1n) is 8.72. The second kappa shape index (κ2) is 11.3. The van der Waals surface area contributed by atoms with E-state index in [0.29, 0.717) is 28.7 Å². The smallest absolute Gasteiger partial charge is 0.159 e. The number of nitrogens with one attached hydrogen (secondary N) is 2. The number of allylic oxidation sites excluding steroid dienone is 9. The summed E-state index contributed by atoms with van der Waals surface area (Å²) in [6.07, 6.45) is 12.6. The van der Waals surface area contributed by atoms with Gasteiger partial charge in [0.2, 0.25) is 0 Å². The molecule has 1 rings (SSSR count). The van der Waals surface area contributed by atoms with Crippen molar-refractivity contribution >= 4 is 17.2 Å². The molecule has 2 N–H and O–H groups in total. The van der Waals surface area contributed by atoms with Gasteiger partial charge in [-0.3, -0.25) is 0 Å². The molecule has 0 aliphatic heterocycles. The SMILES string of the molecule is C=C/C(C#N)=C\C=C(/C)c1nc(NC(=C)/C=C\C=C/C)cc(NC(C)C)n1. The zero-order chi connectivity index (χ0) is 20.2. The van der Waals surface area contributed by atoms with E-state index in [0.717, 1.165) is 5.57 Å². The Kier molecular flexibility index (Phi) is 9.04. The molecule has 5 nitrogen and oxygen atoms in total. The fraction of sp³-hybridized carbons (Fsp3) is 0.227. The summed E-state index contributed by atoms with van der Waals surface area (Å²) in [5.74, 6) is 1.91. The molecule has 0 unspecified atom stereocenters. The quantitative estimate of drug-likeness (QED) is 0.455. The molecule has 0 radical (unpaired) electrons. The van der Waals surface area contributed by atoms with E-state index in [-0.39, 0.29) is 6.04 Å². The number of nitriles is 1. The molecule has 0 aromatic carbocycles. The van der Waals surface area contributed by atoms with E-state index in [1.165, 1.54) is 6.08 Å². The number of hydrogen-bond acceptors (Lipinski definition) is 5. The summed E-state index contributed by atoms with van der Waals surface area (Å²) in [6.45, 7) is 15.5. The van der Waals surface area contributed by atoms with Crippen LogP contribution in [0, 0.1) is 11.3 Å². The molecule has 0 spiro atoms. The van der Waals surface area contributed by atoms with Crippen molar-refractivity contribution in [3.63, 3.8) is 0 Å². The highest BCUT2D eigenvalue weighted by atomic mass is 15.1. The molecule has 27 heavy (non-hydrogen) atoms. The van der Waals surface area contributed by atoms with Gasteiger partial charge in [-0.1, -0.05) is 43.5 Å². The van der Waals surface area contributed by atoms with Gasteiger partial charge in [-0.15, -0.1) is 0 Å². The van der Waals surface area contributed by atoms with E-state index in [4.69, 9.17) is 5.26 Å². The highest BCUT2D eigenvalue weighted by molar-refractivity contribution is 5.64. The summed E-state index contributed by atoms with van der Waals surface area (Å²) < 4.78 is 0. The lowest BCUT2D eigenvalue weighted by Gasteiger charge is -2.13. The Hall–Kier alpha value is -3.39. The van der Waals surface area contributed by atoms with Crippen molar-refractivity contribution in [2.45, 2.75) is 33.7 Å². The predicted octanol–water partition coefficient (Wildman–Crippen LogP) is 5.39. The Bertz CT molecular complexity index is 833. The molecule has 1 aromatic rings. The maximum atomic E-state index is 8.99.